The fraction of sp³-hybridized carbons (Fsp3) is 0.0909. The molecule has 0 saturated carbocycles. The lowest BCUT2D eigenvalue weighted by molar-refractivity contribution is 1.17. The standard InChI is InChI=1S/C11H9N3S/c1-8-2-4-14-7-9(13-10(14)6-8)11-12-3-5-15-11/h2-7H,1H3. The van der Waals surface area contributed by atoms with Gasteiger partial charge in [0.25, 0.3) is 0 Å². The largest absolute Gasteiger partial charge is 0.306 e. The summed E-state index contributed by atoms with van der Waals surface area (Å²) in [6, 6.07) is 4.14. The Balaban J connectivity index is 2.22. The van der Waals surface area contributed by atoms with Gasteiger partial charge in [-0.1, -0.05) is 0 Å². The maximum atomic E-state index is 4.53. The van der Waals surface area contributed by atoms with Crippen LogP contribution in [0.4, 0.5) is 0 Å². The van der Waals surface area contributed by atoms with Crippen LogP contribution in [-0.4, -0.2) is 14.4 Å². The van der Waals surface area contributed by atoms with E-state index < -0.39 is 0 Å². The molecule has 0 spiro atoms. The Morgan fingerprint density at radius 3 is 3.13 bits per heavy atom. The molecule has 0 unspecified atom stereocenters. The number of fused-ring (bicyclic) bond motifs is 1. The Kier molecular flexibility index (Phi) is 1.82. The zero-order chi connectivity index (χ0) is 10.3. The van der Waals surface area contributed by atoms with E-state index in [4.69, 9.17) is 0 Å². The van der Waals surface area contributed by atoms with Crippen molar-refractivity contribution in [3.05, 3.63) is 41.7 Å². The summed E-state index contributed by atoms with van der Waals surface area (Å²) in [7, 11) is 0. The molecule has 0 amide bonds. The van der Waals surface area contributed by atoms with Gasteiger partial charge in [0.15, 0.2) is 0 Å². The van der Waals surface area contributed by atoms with E-state index in [-0.39, 0.29) is 0 Å². The second kappa shape index (κ2) is 3.17. The Bertz CT molecular complexity index is 595. The van der Waals surface area contributed by atoms with E-state index >= 15 is 0 Å². The number of rotatable bonds is 1. The quantitative estimate of drug-likeness (QED) is 0.624. The van der Waals surface area contributed by atoms with E-state index in [1.165, 1.54) is 5.56 Å². The minimum atomic E-state index is 0.940. The highest BCUT2D eigenvalue weighted by atomic mass is 32.1. The summed E-state index contributed by atoms with van der Waals surface area (Å²) in [6.45, 7) is 2.07. The number of imidazole rings is 1. The molecule has 0 fully saturated rings. The van der Waals surface area contributed by atoms with E-state index in [1.807, 2.05) is 22.2 Å². The monoisotopic (exact) mass is 215 g/mol. The third kappa shape index (κ3) is 1.43. The summed E-state index contributed by atoms with van der Waals surface area (Å²) >= 11 is 1.61. The summed E-state index contributed by atoms with van der Waals surface area (Å²) in [5.74, 6) is 0. The van der Waals surface area contributed by atoms with Crippen LogP contribution >= 0.6 is 11.3 Å². The van der Waals surface area contributed by atoms with Crippen molar-refractivity contribution in [1.82, 2.24) is 14.4 Å². The molecule has 0 aromatic carbocycles. The Hall–Kier alpha value is -1.68. The molecular weight excluding hydrogens is 206 g/mol. The second-order valence-corrected chi connectivity index (χ2v) is 4.33. The summed E-state index contributed by atoms with van der Waals surface area (Å²) < 4.78 is 2.02. The van der Waals surface area contributed by atoms with E-state index in [0.29, 0.717) is 0 Å². The molecule has 3 aromatic rings. The number of aromatic nitrogens is 3. The maximum absolute atomic E-state index is 4.53. The number of hydrogen-bond donors (Lipinski definition) is 0. The van der Waals surface area contributed by atoms with Crippen molar-refractivity contribution in [2.45, 2.75) is 6.92 Å². The highest BCUT2D eigenvalue weighted by Gasteiger charge is 2.05. The lowest BCUT2D eigenvalue weighted by atomic mass is 10.3. The van der Waals surface area contributed by atoms with Crippen molar-refractivity contribution in [1.29, 1.82) is 0 Å². The normalized spacial score (nSPS) is 11.0. The summed E-state index contributed by atoms with van der Waals surface area (Å²) in [4.78, 5) is 8.77. The number of aryl methyl sites for hydroxylation is 1. The molecule has 0 aliphatic rings. The first-order valence-electron chi connectivity index (χ1n) is 4.68. The van der Waals surface area contributed by atoms with E-state index in [2.05, 4.69) is 29.0 Å². The third-order valence-corrected chi connectivity index (χ3v) is 3.06. The van der Waals surface area contributed by atoms with Crippen LogP contribution in [0, 0.1) is 6.92 Å². The van der Waals surface area contributed by atoms with Gasteiger partial charge in [-0.05, 0) is 24.6 Å². The van der Waals surface area contributed by atoms with Gasteiger partial charge in [0.05, 0.1) is 0 Å². The molecule has 15 heavy (non-hydrogen) atoms. The summed E-state index contributed by atoms with van der Waals surface area (Å²) in [6.07, 6.45) is 5.83. The fourth-order valence-electron chi connectivity index (χ4n) is 1.54. The molecule has 3 aromatic heterocycles. The first-order valence-corrected chi connectivity index (χ1v) is 5.56. The van der Waals surface area contributed by atoms with Crippen LogP contribution in [0.5, 0.6) is 0 Å². The average molecular weight is 215 g/mol. The number of hydrogen-bond acceptors (Lipinski definition) is 3. The van der Waals surface area contributed by atoms with Crippen molar-refractivity contribution < 1.29 is 0 Å². The van der Waals surface area contributed by atoms with Gasteiger partial charge < -0.3 is 4.40 Å². The van der Waals surface area contributed by atoms with Gasteiger partial charge in [0, 0.05) is 24.0 Å². The molecule has 0 aliphatic carbocycles. The SMILES string of the molecule is Cc1ccn2cc(-c3nccs3)nc2c1. The van der Waals surface area contributed by atoms with Crippen molar-refractivity contribution in [2.24, 2.45) is 0 Å². The molecule has 0 radical (unpaired) electrons. The van der Waals surface area contributed by atoms with Gasteiger partial charge in [-0.25, -0.2) is 9.97 Å². The average Bonchev–Trinajstić information content (AvgIpc) is 2.84. The molecule has 74 valence electrons. The number of pyridine rings is 1. The smallest absolute Gasteiger partial charge is 0.143 e. The predicted octanol–water partition coefficient (Wildman–Crippen LogP) is 2.77. The number of nitrogens with zero attached hydrogens (tertiary/aromatic N) is 3. The van der Waals surface area contributed by atoms with Gasteiger partial charge in [-0.3, -0.25) is 0 Å². The third-order valence-electron chi connectivity index (χ3n) is 2.27. The zero-order valence-corrected chi connectivity index (χ0v) is 9.03. The van der Waals surface area contributed by atoms with Gasteiger partial charge in [0.2, 0.25) is 0 Å². The molecule has 4 heteroatoms. The van der Waals surface area contributed by atoms with Crippen molar-refractivity contribution in [3.63, 3.8) is 0 Å². The molecule has 0 N–H and O–H groups in total. The molecule has 0 atom stereocenters. The van der Waals surface area contributed by atoms with Crippen molar-refractivity contribution >= 4 is 17.0 Å². The highest BCUT2D eigenvalue weighted by Crippen LogP contribution is 2.21. The van der Waals surface area contributed by atoms with Gasteiger partial charge in [-0.15, -0.1) is 11.3 Å². The van der Waals surface area contributed by atoms with Crippen LogP contribution in [0.1, 0.15) is 5.56 Å². The highest BCUT2D eigenvalue weighted by molar-refractivity contribution is 7.13. The fourth-order valence-corrected chi connectivity index (χ4v) is 2.13. The van der Waals surface area contributed by atoms with Gasteiger partial charge in [0.1, 0.15) is 16.3 Å². The molecule has 3 nitrogen and oxygen atoms in total. The lowest BCUT2D eigenvalue weighted by Gasteiger charge is -1.92. The lowest BCUT2D eigenvalue weighted by Crippen LogP contribution is -1.81. The minimum absolute atomic E-state index is 0.940. The first kappa shape index (κ1) is 8.61. The first-order chi connectivity index (χ1) is 7.33. The topological polar surface area (TPSA) is 30.2 Å². The molecule has 0 aliphatic heterocycles. The molecule has 3 rings (SSSR count). The van der Waals surface area contributed by atoms with Crippen LogP contribution in [0.25, 0.3) is 16.3 Å². The van der Waals surface area contributed by atoms with E-state index in [1.54, 1.807) is 17.5 Å². The van der Waals surface area contributed by atoms with Crippen LogP contribution in [0.3, 0.4) is 0 Å². The Morgan fingerprint density at radius 1 is 1.40 bits per heavy atom. The van der Waals surface area contributed by atoms with Gasteiger partial charge in [-0.2, -0.15) is 0 Å². The molecule has 0 bridgehead atoms. The Morgan fingerprint density at radius 2 is 2.33 bits per heavy atom. The second-order valence-electron chi connectivity index (χ2n) is 3.43. The van der Waals surface area contributed by atoms with E-state index in [0.717, 1.165) is 16.3 Å². The molecule has 0 saturated heterocycles. The zero-order valence-electron chi connectivity index (χ0n) is 8.21. The molecular formula is C11H9N3S. The summed E-state index contributed by atoms with van der Waals surface area (Å²) in [5.41, 5.74) is 3.13. The summed E-state index contributed by atoms with van der Waals surface area (Å²) in [5, 5.41) is 2.93. The van der Waals surface area contributed by atoms with Crippen LogP contribution in [0.2, 0.25) is 0 Å². The minimum Gasteiger partial charge on any atom is -0.306 e. The van der Waals surface area contributed by atoms with Crippen molar-refractivity contribution in [3.8, 4) is 10.7 Å². The predicted molar refractivity (Wildman–Crippen MR) is 61.0 cm³/mol. The van der Waals surface area contributed by atoms with Crippen molar-refractivity contribution in [2.75, 3.05) is 0 Å². The van der Waals surface area contributed by atoms with E-state index in [9.17, 15) is 0 Å². The number of thiazole rings is 1. The van der Waals surface area contributed by atoms with Crippen LogP contribution in [0.15, 0.2) is 36.1 Å². The maximum Gasteiger partial charge on any atom is 0.143 e. The Labute approximate surface area is 91.1 Å². The molecule has 3 heterocycles. The van der Waals surface area contributed by atoms with Gasteiger partial charge >= 0.3 is 0 Å². The van der Waals surface area contributed by atoms with Crippen LogP contribution < -0.4 is 0 Å². The van der Waals surface area contributed by atoms with Crippen LogP contribution in [-0.2, 0) is 0 Å².